The first-order chi connectivity index (χ1) is 8.38. The van der Waals surface area contributed by atoms with E-state index in [2.05, 4.69) is 32.2 Å². The summed E-state index contributed by atoms with van der Waals surface area (Å²) >= 11 is 0. The summed E-state index contributed by atoms with van der Waals surface area (Å²) in [5.74, 6) is 0. The fourth-order valence-corrected chi connectivity index (χ4v) is 1.93. The number of nitrogens with zero attached hydrogens (tertiary/aromatic N) is 1. The van der Waals surface area contributed by atoms with Crippen molar-refractivity contribution in [2.75, 3.05) is 11.9 Å². The van der Waals surface area contributed by atoms with Gasteiger partial charge >= 0.3 is 0 Å². The predicted molar refractivity (Wildman–Crippen MR) is 74.5 cm³/mol. The van der Waals surface area contributed by atoms with Crippen LogP contribution in [-0.2, 0) is 0 Å². The Balaban J connectivity index is 2.88. The maximum atomic E-state index is 9.13. The minimum Gasteiger partial charge on any atom is -0.396 e. The molecule has 0 fully saturated rings. The summed E-state index contributed by atoms with van der Waals surface area (Å²) in [5, 5.41) is 21.5. The summed E-state index contributed by atoms with van der Waals surface area (Å²) in [4.78, 5) is 0. The van der Waals surface area contributed by atoms with Crippen molar-refractivity contribution in [3.63, 3.8) is 0 Å². The number of rotatable bonds is 4. The van der Waals surface area contributed by atoms with E-state index in [0.29, 0.717) is 12.0 Å². The van der Waals surface area contributed by atoms with Crippen LogP contribution in [0.3, 0.4) is 0 Å². The van der Waals surface area contributed by atoms with Gasteiger partial charge in [-0.2, -0.15) is 5.26 Å². The minimum absolute atomic E-state index is 0.0739. The van der Waals surface area contributed by atoms with Crippen molar-refractivity contribution in [2.45, 2.75) is 40.2 Å². The van der Waals surface area contributed by atoms with Gasteiger partial charge in [-0.3, -0.25) is 0 Å². The highest BCUT2D eigenvalue weighted by molar-refractivity contribution is 5.52. The van der Waals surface area contributed by atoms with Crippen LogP contribution in [0.1, 0.15) is 38.3 Å². The molecule has 1 rings (SSSR count). The summed E-state index contributed by atoms with van der Waals surface area (Å²) < 4.78 is 0. The second kappa shape index (κ2) is 5.88. The zero-order valence-electron chi connectivity index (χ0n) is 11.6. The van der Waals surface area contributed by atoms with E-state index in [1.165, 1.54) is 0 Å². The van der Waals surface area contributed by atoms with Crippen LogP contribution in [0.25, 0.3) is 0 Å². The highest BCUT2D eigenvalue weighted by Gasteiger charge is 2.23. The monoisotopic (exact) mass is 246 g/mol. The van der Waals surface area contributed by atoms with E-state index < -0.39 is 0 Å². The fourth-order valence-electron chi connectivity index (χ4n) is 1.93. The molecule has 2 N–H and O–H groups in total. The number of aliphatic hydroxyl groups is 1. The molecule has 1 aromatic carbocycles. The average molecular weight is 246 g/mol. The molecule has 0 saturated carbocycles. The SMILES string of the molecule is Cc1cc(NC(CCO)C(C)(C)C)ccc1C#N. The molecule has 0 radical (unpaired) electrons. The van der Waals surface area contributed by atoms with Gasteiger partial charge in [0.25, 0.3) is 0 Å². The van der Waals surface area contributed by atoms with Crippen LogP contribution in [0.15, 0.2) is 18.2 Å². The molecule has 0 aliphatic heterocycles. The van der Waals surface area contributed by atoms with E-state index in [-0.39, 0.29) is 18.1 Å². The number of hydrogen-bond acceptors (Lipinski definition) is 3. The van der Waals surface area contributed by atoms with Gasteiger partial charge in [0.1, 0.15) is 0 Å². The van der Waals surface area contributed by atoms with Gasteiger partial charge in [0.2, 0.25) is 0 Å². The molecule has 0 saturated heterocycles. The molecule has 18 heavy (non-hydrogen) atoms. The Morgan fingerprint density at radius 2 is 2.06 bits per heavy atom. The Morgan fingerprint density at radius 3 is 2.50 bits per heavy atom. The first-order valence-corrected chi connectivity index (χ1v) is 6.26. The Kier molecular flexibility index (Phi) is 4.75. The third-order valence-electron chi connectivity index (χ3n) is 3.15. The zero-order valence-corrected chi connectivity index (χ0v) is 11.6. The summed E-state index contributed by atoms with van der Waals surface area (Å²) in [7, 11) is 0. The third kappa shape index (κ3) is 3.75. The topological polar surface area (TPSA) is 56.0 Å². The van der Waals surface area contributed by atoms with Crippen LogP contribution in [0, 0.1) is 23.7 Å². The number of hydrogen-bond donors (Lipinski definition) is 2. The van der Waals surface area contributed by atoms with Gasteiger partial charge in [-0.1, -0.05) is 20.8 Å². The lowest BCUT2D eigenvalue weighted by Gasteiger charge is -2.32. The molecule has 1 atom stereocenters. The lowest BCUT2D eigenvalue weighted by atomic mass is 9.84. The van der Waals surface area contributed by atoms with Crippen molar-refractivity contribution in [1.29, 1.82) is 5.26 Å². The van der Waals surface area contributed by atoms with E-state index in [4.69, 9.17) is 10.4 Å². The van der Waals surface area contributed by atoms with Crippen molar-refractivity contribution >= 4 is 5.69 Å². The number of aliphatic hydroxyl groups excluding tert-OH is 1. The molecule has 0 spiro atoms. The second-order valence-corrected chi connectivity index (χ2v) is 5.72. The van der Waals surface area contributed by atoms with Gasteiger partial charge in [-0.05, 0) is 42.5 Å². The van der Waals surface area contributed by atoms with E-state index in [0.717, 1.165) is 11.3 Å². The Morgan fingerprint density at radius 1 is 1.39 bits per heavy atom. The smallest absolute Gasteiger partial charge is 0.0994 e. The van der Waals surface area contributed by atoms with Gasteiger partial charge in [-0.25, -0.2) is 0 Å². The molecule has 0 bridgehead atoms. The highest BCUT2D eigenvalue weighted by Crippen LogP contribution is 2.26. The Bertz CT molecular complexity index is 441. The van der Waals surface area contributed by atoms with Crippen LogP contribution in [0.5, 0.6) is 0 Å². The molecule has 0 aliphatic carbocycles. The average Bonchev–Trinajstić information content (AvgIpc) is 2.27. The molecular formula is C15H22N2O. The normalized spacial score (nSPS) is 12.9. The van der Waals surface area contributed by atoms with Gasteiger partial charge in [0, 0.05) is 18.3 Å². The minimum atomic E-state index is 0.0739. The number of benzene rings is 1. The van der Waals surface area contributed by atoms with E-state index in [1.807, 2.05) is 25.1 Å². The Labute approximate surface area is 109 Å². The number of nitrogens with one attached hydrogen (secondary N) is 1. The number of nitriles is 1. The largest absolute Gasteiger partial charge is 0.396 e. The molecular weight excluding hydrogens is 224 g/mol. The maximum absolute atomic E-state index is 9.13. The molecule has 98 valence electrons. The quantitative estimate of drug-likeness (QED) is 0.858. The first kappa shape index (κ1) is 14.5. The van der Waals surface area contributed by atoms with Crippen LogP contribution in [0.2, 0.25) is 0 Å². The molecule has 3 heteroatoms. The maximum Gasteiger partial charge on any atom is 0.0994 e. The Hall–Kier alpha value is -1.53. The third-order valence-corrected chi connectivity index (χ3v) is 3.15. The van der Waals surface area contributed by atoms with Gasteiger partial charge < -0.3 is 10.4 Å². The second-order valence-electron chi connectivity index (χ2n) is 5.72. The van der Waals surface area contributed by atoms with Crippen LogP contribution in [0.4, 0.5) is 5.69 Å². The molecule has 1 aromatic rings. The van der Waals surface area contributed by atoms with Crippen LogP contribution >= 0.6 is 0 Å². The lowest BCUT2D eigenvalue weighted by Crippen LogP contribution is -2.34. The van der Waals surface area contributed by atoms with Gasteiger partial charge in [-0.15, -0.1) is 0 Å². The predicted octanol–water partition coefficient (Wildman–Crippen LogP) is 3.08. The van der Waals surface area contributed by atoms with Crippen LogP contribution < -0.4 is 5.32 Å². The molecule has 1 unspecified atom stereocenters. The first-order valence-electron chi connectivity index (χ1n) is 6.26. The molecule has 3 nitrogen and oxygen atoms in total. The van der Waals surface area contributed by atoms with Crippen molar-refractivity contribution in [3.05, 3.63) is 29.3 Å². The summed E-state index contributed by atoms with van der Waals surface area (Å²) in [5.41, 5.74) is 2.75. The van der Waals surface area contributed by atoms with Gasteiger partial charge in [0.05, 0.1) is 11.6 Å². The summed E-state index contributed by atoms with van der Waals surface area (Å²) in [6.07, 6.45) is 0.711. The van der Waals surface area contributed by atoms with Crippen molar-refractivity contribution in [2.24, 2.45) is 5.41 Å². The molecule has 0 heterocycles. The fraction of sp³-hybridized carbons (Fsp3) is 0.533. The molecule has 0 amide bonds. The van der Waals surface area contributed by atoms with Crippen LogP contribution in [-0.4, -0.2) is 17.8 Å². The van der Waals surface area contributed by atoms with Crippen molar-refractivity contribution in [3.8, 4) is 6.07 Å². The number of aryl methyl sites for hydroxylation is 1. The molecule has 0 aliphatic rings. The van der Waals surface area contributed by atoms with Gasteiger partial charge in [0.15, 0.2) is 0 Å². The lowest BCUT2D eigenvalue weighted by molar-refractivity contribution is 0.235. The summed E-state index contributed by atoms with van der Waals surface area (Å²) in [6, 6.07) is 8.10. The van der Waals surface area contributed by atoms with Crippen molar-refractivity contribution < 1.29 is 5.11 Å². The van der Waals surface area contributed by atoms with E-state index in [1.54, 1.807) is 0 Å². The zero-order chi connectivity index (χ0) is 13.8. The van der Waals surface area contributed by atoms with Crippen molar-refractivity contribution in [1.82, 2.24) is 0 Å². The number of anilines is 1. The van der Waals surface area contributed by atoms with E-state index in [9.17, 15) is 0 Å². The summed E-state index contributed by atoms with van der Waals surface area (Å²) in [6.45, 7) is 8.55. The standard InChI is InChI=1S/C15H22N2O/c1-11-9-13(6-5-12(11)10-16)17-14(7-8-18)15(2,3)4/h5-6,9,14,17-18H,7-8H2,1-4H3. The van der Waals surface area contributed by atoms with E-state index >= 15 is 0 Å². The highest BCUT2D eigenvalue weighted by atomic mass is 16.3. The molecule has 0 aromatic heterocycles.